The second kappa shape index (κ2) is 5.63. The first-order valence-corrected chi connectivity index (χ1v) is 7.23. The highest BCUT2D eigenvalue weighted by Gasteiger charge is 2.25. The second-order valence-electron chi connectivity index (χ2n) is 5.47. The van der Waals surface area contributed by atoms with E-state index in [-0.39, 0.29) is 11.9 Å². The number of amides is 1. The van der Waals surface area contributed by atoms with Crippen molar-refractivity contribution < 1.29 is 4.79 Å². The number of piperidine rings is 1. The van der Waals surface area contributed by atoms with Crippen LogP contribution in [-0.4, -0.2) is 28.7 Å². The molecular formula is C15H20N4O. The summed E-state index contributed by atoms with van der Waals surface area (Å²) in [5, 5.41) is 14.2. The third kappa shape index (κ3) is 2.67. The van der Waals surface area contributed by atoms with Crippen molar-refractivity contribution in [3.63, 3.8) is 0 Å². The summed E-state index contributed by atoms with van der Waals surface area (Å²) in [6.45, 7) is 3.12. The van der Waals surface area contributed by atoms with Gasteiger partial charge in [-0.25, -0.2) is 0 Å². The molecule has 3 N–H and O–H groups in total. The number of carbonyl (C=O) groups is 1. The van der Waals surface area contributed by atoms with Crippen LogP contribution >= 0.6 is 0 Å². The van der Waals surface area contributed by atoms with Crippen LogP contribution in [0.5, 0.6) is 0 Å². The quantitative estimate of drug-likeness (QED) is 0.803. The van der Waals surface area contributed by atoms with E-state index in [0.717, 1.165) is 36.0 Å². The number of benzene rings is 1. The van der Waals surface area contributed by atoms with Crippen LogP contribution in [0, 0.1) is 5.92 Å². The van der Waals surface area contributed by atoms with Crippen LogP contribution in [0.25, 0.3) is 10.9 Å². The fraction of sp³-hybridized carbons (Fsp3) is 0.467. The topological polar surface area (TPSA) is 69.8 Å². The van der Waals surface area contributed by atoms with Gasteiger partial charge in [0.2, 0.25) is 5.91 Å². The Hall–Kier alpha value is -1.88. The Bertz CT molecular complexity index is 607. The molecule has 0 spiro atoms. The van der Waals surface area contributed by atoms with Crippen LogP contribution in [0.4, 0.5) is 5.69 Å². The second-order valence-corrected chi connectivity index (χ2v) is 5.47. The molecule has 1 saturated heterocycles. The maximum Gasteiger partial charge on any atom is 0.241 e. The molecule has 1 amide bonds. The Morgan fingerprint density at radius 2 is 2.40 bits per heavy atom. The van der Waals surface area contributed by atoms with Gasteiger partial charge in [0.1, 0.15) is 0 Å². The molecule has 2 heterocycles. The third-order valence-corrected chi connectivity index (χ3v) is 4.11. The van der Waals surface area contributed by atoms with E-state index in [1.807, 2.05) is 18.2 Å². The summed E-state index contributed by atoms with van der Waals surface area (Å²) in [6, 6.07) is 5.70. The molecule has 1 aliphatic rings. The lowest BCUT2D eigenvalue weighted by Gasteiger charge is -2.28. The molecule has 2 unspecified atom stereocenters. The summed E-state index contributed by atoms with van der Waals surface area (Å²) < 4.78 is 0. The Labute approximate surface area is 118 Å². The van der Waals surface area contributed by atoms with Crippen LogP contribution < -0.4 is 10.6 Å². The van der Waals surface area contributed by atoms with Gasteiger partial charge >= 0.3 is 0 Å². The maximum absolute atomic E-state index is 12.3. The van der Waals surface area contributed by atoms with Crippen molar-refractivity contribution in [3.05, 3.63) is 24.4 Å². The van der Waals surface area contributed by atoms with Gasteiger partial charge in [0.05, 0.1) is 17.8 Å². The Balaban J connectivity index is 1.68. The number of nitrogens with zero attached hydrogens (tertiary/aromatic N) is 1. The molecule has 5 heteroatoms. The zero-order valence-electron chi connectivity index (χ0n) is 11.6. The van der Waals surface area contributed by atoms with Crippen molar-refractivity contribution in [3.8, 4) is 0 Å². The predicted molar refractivity (Wildman–Crippen MR) is 79.5 cm³/mol. The number of aromatic nitrogens is 2. The normalized spacial score (nSPS) is 22.9. The molecule has 2 atom stereocenters. The number of hydrogen-bond donors (Lipinski definition) is 3. The number of carbonyl (C=O) groups excluding carboxylic acids is 1. The lowest BCUT2D eigenvalue weighted by Crippen LogP contribution is -2.46. The lowest BCUT2D eigenvalue weighted by molar-refractivity contribution is -0.119. The molecule has 1 aliphatic heterocycles. The number of aromatic amines is 1. The molecule has 0 bridgehead atoms. The average molecular weight is 272 g/mol. The van der Waals surface area contributed by atoms with E-state index in [1.54, 1.807) is 6.20 Å². The van der Waals surface area contributed by atoms with Gasteiger partial charge in [-0.3, -0.25) is 9.89 Å². The Morgan fingerprint density at radius 3 is 3.25 bits per heavy atom. The monoisotopic (exact) mass is 272 g/mol. The van der Waals surface area contributed by atoms with Gasteiger partial charge in [0.15, 0.2) is 0 Å². The first kappa shape index (κ1) is 13.1. The molecular weight excluding hydrogens is 252 g/mol. The van der Waals surface area contributed by atoms with E-state index in [9.17, 15) is 4.79 Å². The fourth-order valence-electron chi connectivity index (χ4n) is 2.82. The number of anilines is 1. The smallest absolute Gasteiger partial charge is 0.241 e. The summed E-state index contributed by atoms with van der Waals surface area (Å²) >= 11 is 0. The first-order chi connectivity index (χ1) is 9.76. The van der Waals surface area contributed by atoms with Crippen LogP contribution in [0.1, 0.15) is 26.2 Å². The van der Waals surface area contributed by atoms with Gasteiger partial charge in [-0.2, -0.15) is 5.10 Å². The maximum atomic E-state index is 12.3. The molecule has 0 radical (unpaired) electrons. The molecule has 0 saturated carbocycles. The number of rotatable bonds is 3. The standard InChI is InChI=1S/C15H20N4O/c1-2-10-5-6-16-14(7-10)15(20)18-12-3-4-13-11(8-12)9-17-19-13/h3-4,8-10,14,16H,2,5-7H2,1H3,(H,17,19)(H,18,20). The molecule has 20 heavy (non-hydrogen) atoms. The van der Waals surface area contributed by atoms with E-state index in [2.05, 4.69) is 27.8 Å². The van der Waals surface area contributed by atoms with Gasteiger partial charge in [0, 0.05) is 11.1 Å². The minimum atomic E-state index is -0.0752. The average Bonchev–Trinajstić information content (AvgIpc) is 2.95. The van der Waals surface area contributed by atoms with Crippen LogP contribution in [0.15, 0.2) is 24.4 Å². The fourth-order valence-corrected chi connectivity index (χ4v) is 2.82. The van der Waals surface area contributed by atoms with E-state index >= 15 is 0 Å². The summed E-state index contributed by atoms with van der Waals surface area (Å²) in [5.74, 6) is 0.717. The predicted octanol–water partition coefficient (Wildman–Crippen LogP) is 2.28. The van der Waals surface area contributed by atoms with Crippen molar-refractivity contribution in [2.45, 2.75) is 32.2 Å². The number of hydrogen-bond acceptors (Lipinski definition) is 3. The zero-order valence-corrected chi connectivity index (χ0v) is 11.6. The van der Waals surface area contributed by atoms with Gasteiger partial charge in [-0.15, -0.1) is 0 Å². The molecule has 3 rings (SSSR count). The zero-order chi connectivity index (χ0) is 13.9. The highest BCUT2D eigenvalue weighted by atomic mass is 16.2. The van der Waals surface area contributed by atoms with Crippen molar-refractivity contribution in [1.29, 1.82) is 0 Å². The van der Waals surface area contributed by atoms with Crippen LogP contribution in [0.3, 0.4) is 0 Å². The molecule has 2 aromatic rings. The molecule has 0 aliphatic carbocycles. The van der Waals surface area contributed by atoms with Crippen LogP contribution in [-0.2, 0) is 4.79 Å². The number of fused-ring (bicyclic) bond motifs is 1. The molecule has 106 valence electrons. The van der Waals surface area contributed by atoms with Crippen molar-refractivity contribution >= 4 is 22.5 Å². The molecule has 1 aromatic carbocycles. The van der Waals surface area contributed by atoms with E-state index in [0.29, 0.717) is 5.92 Å². The highest BCUT2D eigenvalue weighted by Crippen LogP contribution is 2.21. The van der Waals surface area contributed by atoms with Crippen LogP contribution in [0.2, 0.25) is 0 Å². The SMILES string of the molecule is CCC1CCNC(C(=O)Nc2ccc3[nH]ncc3c2)C1. The summed E-state index contributed by atoms with van der Waals surface area (Å²) in [4.78, 5) is 12.3. The lowest BCUT2D eigenvalue weighted by atomic mass is 9.90. The van der Waals surface area contributed by atoms with Crippen molar-refractivity contribution in [1.82, 2.24) is 15.5 Å². The summed E-state index contributed by atoms with van der Waals surface area (Å²) in [5.41, 5.74) is 1.80. The minimum Gasteiger partial charge on any atom is -0.325 e. The third-order valence-electron chi connectivity index (χ3n) is 4.11. The first-order valence-electron chi connectivity index (χ1n) is 7.23. The van der Waals surface area contributed by atoms with Crippen molar-refractivity contribution in [2.75, 3.05) is 11.9 Å². The summed E-state index contributed by atoms with van der Waals surface area (Å²) in [7, 11) is 0. The largest absolute Gasteiger partial charge is 0.325 e. The molecule has 1 aromatic heterocycles. The van der Waals surface area contributed by atoms with Crippen molar-refractivity contribution in [2.24, 2.45) is 5.92 Å². The van der Waals surface area contributed by atoms with E-state index in [1.165, 1.54) is 6.42 Å². The van der Waals surface area contributed by atoms with Gasteiger partial charge in [-0.1, -0.05) is 13.3 Å². The summed E-state index contributed by atoms with van der Waals surface area (Å²) in [6.07, 6.45) is 5.00. The molecule has 1 fully saturated rings. The highest BCUT2D eigenvalue weighted by molar-refractivity contribution is 5.96. The minimum absolute atomic E-state index is 0.0611. The number of H-pyrrole nitrogens is 1. The molecule has 5 nitrogen and oxygen atoms in total. The van der Waals surface area contributed by atoms with Gasteiger partial charge < -0.3 is 10.6 Å². The Morgan fingerprint density at radius 1 is 1.50 bits per heavy atom. The van der Waals surface area contributed by atoms with Gasteiger partial charge in [-0.05, 0) is 43.5 Å². The number of nitrogens with one attached hydrogen (secondary N) is 3. The van der Waals surface area contributed by atoms with E-state index < -0.39 is 0 Å². The van der Waals surface area contributed by atoms with Gasteiger partial charge in [0.25, 0.3) is 0 Å². The van der Waals surface area contributed by atoms with E-state index in [4.69, 9.17) is 0 Å². The Kier molecular flexibility index (Phi) is 3.69.